The van der Waals surface area contributed by atoms with E-state index in [2.05, 4.69) is 16.6 Å². The normalized spacial score (nSPS) is 13.5. The summed E-state index contributed by atoms with van der Waals surface area (Å²) in [5.74, 6) is -3.31. The van der Waals surface area contributed by atoms with E-state index in [0.29, 0.717) is 6.20 Å². The summed E-state index contributed by atoms with van der Waals surface area (Å²) in [6.07, 6.45) is -3.64. The summed E-state index contributed by atoms with van der Waals surface area (Å²) in [5.41, 5.74) is -2.22. The number of hydrogen-bond donors (Lipinski definition) is 1. The molecule has 0 fully saturated rings. The molecule has 1 N–H and O–H groups in total. The van der Waals surface area contributed by atoms with Crippen LogP contribution in [0.2, 0.25) is 0 Å². The Hall–Kier alpha value is -1.70. The molecular formula is C10H5ClF5NO2. The minimum atomic E-state index is -4.86. The van der Waals surface area contributed by atoms with Crippen molar-refractivity contribution in [3.8, 4) is 0 Å². The van der Waals surface area contributed by atoms with Crippen LogP contribution in [0.4, 0.5) is 22.0 Å². The molecule has 0 aromatic carbocycles. The summed E-state index contributed by atoms with van der Waals surface area (Å²) in [7, 11) is 0. The zero-order chi connectivity index (χ0) is 14.8. The van der Waals surface area contributed by atoms with Gasteiger partial charge in [-0.1, -0.05) is 0 Å². The number of hydrogen-bond acceptors (Lipinski definition) is 3. The maximum Gasteiger partial charge on any atom is 0.418 e. The molecule has 0 amide bonds. The van der Waals surface area contributed by atoms with Gasteiger partial charge in [0.05, 0.1) is 5.56 Å². The minimum absolute atomic E-state index is 0.0719. The van der Waals surface area contributed by atoms with Gasteiger partial charge >= 0.3 is 11.6 Å². The second-order valence-corrected chi connectivity index (χ2v) is 3.79. The number of carbonyl (C=O) groups is 1. The van der Waals surface area contributed by atoms with Gasteiger partial charge in [0.25, 0.3) is 0 Å². The lowest BCUT2D eigenvalue weighted by Gasteiger charge is -2.11. The van der Waals surface area contributed by atoms with Crippen LogP contribution < -0.4 is 0 Å². The van der Waals surface area contributed by atoms with Crippen molar-refractivity contribution >= 4 is 23.1 Å². The van der Waals surface area contributed by atoms with E-state index >= 15 is 0 Å². The highest BCUT2D eigenvalue weighted by molar-refractivity contribution is 6.34. The van der Waals surface area contributed by atoms with E-state index < -0.39 is 34.2 Å². The van der Waals surface area contributed by atoms with Crippen molar-refractivity contribution in [2.24, 2.45) is 0 Å². The predicted molar refractivity (Wildman–Crippen MR) is 55.7 cm³/mol. The lowest BCUT2D eigenvalue weighted by molar-refractivity contribution is -0.138. The summed E-state index contributed by atoms with van der Waals surface area (Å²) in [6, 6.07) is 0.730. The molecule has 0 unspecified atom stereocenters. The molecule has 0 saturated carbocycles. The Labute approximate surface area is 108 Å². The number of rotatable bonds is 3. The van der Waals surface area contributed by atoms with Gasteiger partial charge in [-0.05, 0) is 17.7 Å². The molecule has 1 aromatic heterocycles. The first-order valence-electron chi connectivity index (χ1n) is 4.57. The molecule has 1 heterocycles. The Kier molecular flexibility index (Phi) is 4.14. The maximum absolute atomic E-state index is 12.5. The molecule has 0 aliphatic heterocycles. The number of pyridine rings is 1. The number of alkyl halides is 6. The summed E-state index contributed by atoms with van der Waals surface area (Å²) in [5, 5.41) is 5.01. The van der Waals surface area contributed by atoms with Crippen molar-refractivity contribution in [1.29, 1.82) is 0 Å². The van der Waals surface area contributed by atoms with Crippen molar-refractivity contribution < 1.29 is 31.9 Å². The van der Waals surface area contributed by atoms with Crippen LogP contribution in [0.1, 0.15) is 11.1 Å². The van der Waals surface area contributed by atoms with Gasteiger partial charge < -0.3 is 5.11 Å². The Morgan fingerprint density at radius 2 is 1.89 bits per heavy atom. The van der Waals surface area contributed by atoms with Crippen molar-refractivity contribution in [2.45, 2.75) is 11.6 Å². The first-order valence-corrected chi connectivity index (χ1v) is 4.94. The van der Waals surface area contributed by atoms with E-state index in [1.54, 1.807) is 0 Å². The molecular weight excluding hydrogens is 297 g/mol. The molecule has 19 heavy (non-hydrogen) atoms. The van der Waals surface area contributed by atoms with Crippen LogP contribution in [-0.2, 0) is 11.0 Å². The number of allylic oxidation sites excluding steroid dienone is 1. The van der Waals surface area contributed by atoms with Gasteiger partial charge in [0.15, 0.2) is 0 Å². The van der Waals surface area contributed by atoms with Gasteiger partial charge in [0.2, 0.25) is 5.78 Å². The maximum atomic E-state index is 12.5. The van der Waals surface area contributed by atoms with E-state index in [1.165, 1.54) is 0 Å². The summed E-state index contributed by atoms with van der Waals surface area (Å²) in [4.78, 5) is 14.0. The highest BCUT2D eigenvalue weighted by Crippen LogP contribution is 2.34. The predicted octanol–water partition coefficient (Wildman–Crippen LogP) is 3.40. The van der Waals surface area contributed by atoms with Crippen molar-refractivity contribution in [3.63, 3.8) is 0 Å². The quantitative estimate of drug-likeness (QED) is 0.403. The van der Waals surface area contributed by atoms with Crippen LogP contribution in [0.5, 0.6) is 0 Å². The lowest BCUT2D eigenvalue weighted by atomic mass is 10.1. The molecule has 0 aliphatic carbocycles. The zero-order valence-corrected chi connectivity index (χ0v) is 9.64. The summed E-state index contributed by atoms with van der Waals surface area (Å²) < 4.78 is 62.3. The largest absolute Gasteiger partial charge is 0.507 e. The van der Waals surface area contributed by atoms with Crippen molar-refractivity contribution in [3.05, 3.63) is 35.7 Å². The fraction of sp³-hybridized carbons (Fsp3) is 0.200. The average Bonchev–Trinajstić information content (AvgIpc) is 2.26. The third-order valence-corrected chi connectivity index (χ3v) is 2.14. The summed E-state index contributed by atoms with van der Waals surface area (Å²) in [6.45, 7) is 0. The molecule has 104 valence electrons. The number of aromatic nitrogens is 1. The zero-order valence-electron chi connectivity index (χ0n) is 8.88. The third-order valence-electron chi connectivity index (χ3n) is 1.95. The number of nitrogens with zero attached hydrogens (tertiary/aromatic N) is 1. The second-order valence-electron chi connectivity index (χ2n) is 3.31. The van der Waals surface area contributed by atoms with Crippen LogP contribution in [0.15, 0.2) is 24.5 Å². The number of aliphatic hydroxyl groups is 1. The second kappa shape index (κ2) is 5.12. The van der Waals surface area contributed by atoms with E-state index in [9.17, 15) is 31.9 Å². The SMILES string of the molecule is O=C(/C=C(\O)c1ccncc1C(F)(F)F)C(F)(F)Cl. The van der Waals surface area contributed by atoms with Crippen molar-refractivity contribution in [1.82, 2.24) is 4.98 Å². The fourth-order valence-corrected chi connectivity index (χ4v) is 1.18. The van der Waals surface area contributed by atoms with Gasteiger partial charge in [-0.15, -0.1) is 0 Å². The average molecular weight is 302 g/mol. The van der Waals surface area contributed by atoms with Crippen LogP contribution in [0, 0.1) is 0 Å². The highest BCUT2D eigenvalue weighted by Gasteiger charge is 2.37. The number of halogens is 6. The van der Waals surface area contributed by atoms with Gasteiger partial charge in [0, 0.05) is 24.0 Å². The molecule has 0 radical (unpaired) electrons. The molecule has 3 nitrogen and oxygen atoms in total. The van der Waals surface area contributed by atoms with Crippen LogP contribution in [0.3, 0.4) is 0 Å². The monoisotopic (exact) mass is 301 g/mol. The van der Waals surface area contributed by atoms with E-state index in [-0.39, 0.29) is 6.08 Å². The minimum Gasteiger partial charge on any atom is -0.507 e. The molecule has 0 saturated heterocycles. The molecule has 1 rings (SSSR count). The Bertz CT molecular complexity index is 521. The van der Waals surface area contributed by atoms with E-state index in [0.717, 1.165) is 12.3 Å². The molecule has 0 atom stereocenters. The fourth-order valence-electron chi connectivity index (χ4n) is 1.13. The molecule has 1 aromatic rings. The van der Waals surface area contributed by atoms with Gasteiger partial charge in [0.1, 0.15) is 5.76 Å². The van der Waals surface area contributed by atoms with Gasteiger partial charge in [-0.3, -0.25) is 9.78 Å². The lowest BCUT2D eigenvalue weighted by Crippen LogP contribution is -2.19. The summed E-state index contributed by atoms with van der Waals surface area (Å²) >= 11 is 4.37. The van der Waals surface area contributed by atoms with E-state index in [1.807, 2.05) is 0 Å². The molecule has 0 bridgehead atoms. The Balaban J connectivity index is 3.25. The van der Waals surface area contributed by atoms with Crippen LogP contribution in [-0.4, -0.2) is 21.3 Å². The first kappa shape index (κ1) is 15.4. The molecule has 9 heteroatoms. The smallest absolute Gasteiger partial charge is 0.418 e. The van der Waals surface area contributed by atoms with Crippen molar-refractivity contribution in [2.75, 3.05) is 0 Å². The van der Waals surface area contributed by atoms with Crippen LogP contribution in [0.25, 0.3) is 5.76 Å². The Morgan fingerprint density at radius 3 is 2.37 bits per heavy atom. The van der Waals surface area contributed by atoms with Gasteiger partial charge in [-0.25, -0.2) is 0 Å². The molecule has 0 aliphatic rings. The topological polar surface area (TPSA) is 50.2 Å². The third kappa shape index (κ3) is 3.88. The van der Waals surface area contributed by atoms with Crippen LogP contribution >= 0.6 is 11.6 Å². The van der Waals surface area contributed by atoms with E-state index in [4.69, 9.17) is 0 Å². The highest BCUT2D eigenvalue weighted by atomic mass is 35.5. The standard InChI is InChI=1S/C10H5ClF5NO2/c11-9(12,13)8(19)3-7(18)5-1-2-17-4-6(5)10(14,15)16/h1-4,18H/b7-3-. The van der Waals surface area contributed by atoms with Gasteiger partial charge in [-0.2, -0.15) is 22.0 Å². The number of ketones is 1. The Morgan fingerprint density at radius 1 is 1.32 bits per heavy atom. The molecule has 0 spiro atoms. The number of carbonyl (C=O) groups excluding carboxylic acids is 1. The number of aliphatic hydroxyl groups excluding tert-OH is 1. The first-order chi connectivity index (χ1) is 8.53.